The monoisotopic (exact) mass is 171 g/mol. The van der Waals surface area contributed by atoms with E-state index in [4.69, 9.17) is 5.11 Å². The fourth-order valence-corrected chi connectivity index (χ4v) is 1.23. The van der Waals surface area contributed by atoms with Gasteiger partial charge in [0.2, 0.25) is 0 Å². The van der Waals surface area contributed by atoms with Crippen LogP contribution in [0.1, 0.15) is 52.4 Å². The highest BCUT2D eigenvalue weighted by molar-refractivity contribution is 5.82. The van der Waals surface area contributed by atoms with Crippen LogP contribution in [0.15, 0.2) is 0 Å². The second-order valence-corrected chi connectivity index (χ2v) is 3.12. The van der Waals surface area contributed by atoms with E-state index in [2.05, 4.69) is 6.92 Å². The van der Waals surface area contributed by atoms with Gasteiger partial charge in [0.1, 0.15) is 0 Å². The summed E-state index contributed by atoms with van der Waals surface area (Å²) in [7, 11) is 0. The zero-order valence-electron chi connectivity index (χ0n) is 8.10. The Kier molecular flexibility index (Phi) is 6.82. The predicted molar refractivity (Wildman–Crippen MR) is 49.9 cm³/mol. The van der Waals surface area contributed by atoms with Gasteiger partial charge in [0, 0.05) is 0 Å². The lowest BCUT2D eigenvalue weighted by atomic mass is 9.97. The maximum Gasteiger partial charge on any atom is 0.310 e. The molecule has 0 aliphatic rings. The third-order valence-corrected chi connectivity index (χ3v) is 1.94. The van der Waals surface area contributed by atoms with E-state index in [0.717, 1.165) is 38.5 Å². The van der Waals surface area contributed by atoms with E-state index >= 15 is 0 Å². The van der Waals surface area contributed by atoms with Crippen molar-refractivity contribution in [3.8, 4) is 0 Å². The molecule has 0 aromatic heterocycles. The standard InChI is InChI=1S/C10H19O2/c1-3-5-6-8-9(7-4-2)10(11)12/h3-8H2,1-2H3,(H,11,12). The Bertz CT molecular complexity index is 121. The number of carbonyl (C=O) groups is 1. The summed E-state index contributed by atoms with van der Waals surface area (Å²) in [4.78, 5) is 10.6. The number of hydrogen-bond acceptors (Lipinski definition) is 1. The van der Waals surface area contributed by atoms with Crippen molar-refractivity contribution in [1.29, 1.82) is 0 Å². The number of carboxylic acid groups (broad SMARTS) is 1. The third-order valence-electron chi connectivity index (χ3n) is 1.94. The number of hydrogen-bond donors (Lipinski definition) is 1. The molecule has 0 fully saturated rings. The van der Waals surface area contributed by atoms with Crippen LogP contribution in [0.25, 0.3) is 0 Å². The van der Waals surface area contributed by atoms with Gasteiger partial charge in [-0.15, -0.1) is 0 Å². The van der Waals surface area contributed by atoms with Crippen LogP contribution in [0.2, 0.25) is 0 Å². The number of unbranched alkanes of at least 4 members (excludes halogenated alkanes) is 2. The van der Waals surface area contributed by atoms with Gasteiger partial charge in [-0.05, 0) is 12.8 Å². The molecule has 0 atom stereocenters. The van der Waals surface area contributed by atoms with Crippen molar-refractivity contribution in [3.63, 3.8) is 0 Å². The molecule has 71 valence electrons. The van der Waals surface area contributed by atoms with E-state index < -0.39 is 5.97 Å². The maximum absolute atomic E-state index is 10.6. The zero-order valence-corrected chi connectivity index (χ0v) is 8.10. The topological polar surface area (TPSA) is 37.3 Å². The minimum atomic E-state index is -0.701. The summed E-state index contributed by atoms with van der Waals surface area (Å²) >= 11 is 0. The summed E-state index contributed by atoms with van der Waals surface area (Å²) in [6.07, 6.45) is 5.78. The Morgan fingerprint density at radius 1 is 1.08 bits per heavy atom. The molecule has 0 bridgehead atoms. The molecule has 2 nitrogen and oxygen atoms in total. The highest BCUT2D eigenvalue weighted by atomic mass is 16.4. The van der Waals surface area contributed by atoms with Gasteiger partial charge in [-0.2, -0.15) is 0 Å². The van der Waals surface area contributed by atoms with Gasteiger partial charge >= 0.3 is 5.97 Å². The molecule has 1 N–H and O–H groups in total. The molecule has 0 heterocycles. The molecule has 12 heavy (non-hydrogen) atoms. The lowest BCUT2D eigenvalue weighted by Crippen LogP contribution is -2.10. The van der Waals surface area contributed by atoms with Crippen molar-refractivity contribution in [2.24, 2.45) is 0 Å². The van der Waals surface area contributed by atoms with E-state index in [9.17, 15) is 4.79 Å². The predicted octanol–water partition coefficient (Wildman–Crippen LogP) is 3.03. The molecular formula is C10H19O2. The molecule has 0 aliphatic heterocycles. The van der Waals surface area contributed by atoms with Crippen LogP contribution in [-0.4, -0.2) is 11.1 Å². The number of aliphatic carboxylic acids is 1. The smallest absolute Gasteiger partial charge is 0.310 e. The van der Waals surface area contributed by atoms with Crippen molar-refractivity contribution in [3.05, 3.63) is 5.92 Å². The Balaban J connectivity index is 3.56. The molecule has 0 aliphatic carbocycles. The largest absolute Gasteiger partial charge is 0.481 e. The first kappa shape index (κ1) is 11.5. The summed E-state index contributed by atoms with van der Waals surface area (Å²) in [6, 6.07) is 0. The van der Waals surface area contributed by atoms with E-state index in [1.165, 1.54) is 0 Å². The van der Waals surface area contributed by atoms with Gasteiger partial charge in [0.15, 0.2) is 0 Å². The molecular weight excluding hydrogens is 152 g/mol. The summed E-state index contributed by atoms with van der Waals surface area (Å²) < 4.78 is 0. The quantitative estimate of drug-likeness (QED) is 0.598. The second kappa shape index (κ2) is 7.14. The van der Waals surface area contributed by atoms with Gasteiger partial charge in [-0.25, -0.2) is 0 Å². The highest BCUT2D eigenvalue weighted by Crippen LogP contribution is 2.17. The van der Waals surface area contributed by atoms with Gasteiger partial charge < -0.3 is 5.11 Å². The van der Waals surface area contributed by atoms with E-state index in [1.807, 2.05) is 6.92 Å². The molecule has 0 spiro atoms. The van der Waals surface area contributed by atoms with Crippen molar-refractivity contribution in [1.82, 2.24) is 0 Å². The molecule has 0 aromatic carbocycles. The van der Waals surface area contributed by atoms with E-state index in [0.29, 0.717) is 5.92 Å². The molecule has 0 amide bonds. The van der Waals surface area contributed by atoms with E-state index in [1.54, 1.807) is 0 Å². The van der Waals surface area contributed by atoms with Crippen molar-refractivity contribution in [2.45, 2.75) is 52.4 Å². The minimum absolute atomic E-state index is 0.700. The van der Waals surface area contributed by atoms with Crippen molar-refractivity contribution < 1.29 is 9.90 Å². The molecule has 1 radical (unpaired) electrons. The van der Waals surface area contributed by atoms with Crippen molar-refractivity contribution >= 4 is 5.97 Å². The second-order valence-electron chi connectivity index (χ2n) is 3.12. The lowest BCUT2D eigenvalue weighted by molar-refractivity contribution is -0.135. The normalized spacial score (nSPS) is 10.6. The fourth-order valence-electron chi connectivity index (χ4n) is 1.23. The van der Waals surface area contributed by atoms with Crippen LogP contribution < -0.4 is 0 Å². The third kappa shape index (κ3) is 5.16. The average molecular weight is 171 g/mol. The minimum Gasteiger partial charge on any atom is -0.481 e. The van der Waals surface area contributed by atoms with Crippen LogP contribution >= 0.6 is 0 Å². The van der Waals surface area contributed by atoms with Crippen LogP contribution in [0.3, 0.4) is 0 Å². The summed E-state index contributed by atoms with van der Waals surface area (Å²) in [6.45, 7) is 4.14. The van der Waals surface area contributed by atoms with Gasteiger partial charge in [-0.3, -0.25) is 4.79 Å². The Labute approximate surface area is 75.0 Å². The lowest BCUT2D eigenvalue weighted by Gasteiger charge is -2.08. The van der Waals surface area contributed by atoms with E-state index in [-0.39, 0.29) is 0 Å². The molecule has 0 unspecified atom stereocenters. The Hall–Kier alpha value is -0.530. The Morgan fingerprint density at radius 2 is 1.75 bits per heavy atom. The van der Waals surface area contributed by atoms with Gasteiger partial charge in [0.05, 0.1) is 5.92 Å². The summed E-state index contributed by atoms with van der Waals surface area (Å²) in [5.41, 5.74) is 0. The molecule has 0 aromatic rings. The molecule has 0 saturated carbocycles. The van der Waals surface area contributed by atoms with Crippen molar-refractivity contribution in [2.75, 3.05) is 0 Å². The first-order valence-electron chi connectivity index (χ1n) is 4.80. The maximum atomic E-state index is 10.6. The van der Waals surface area contributed by atoms with Crippen LogP contribution in [-0.2, 0) is 4.79 Å². The molecule has 0 saturated heterocycles. The first-order valence-corrected chi connectivity index (χ1v) is 4.80. The molecule has 2 heteroatoms. The highest BCUT2D eigenvalue weighted by Gasteiger charge is 2.15. The van der Waals surface area contributed by atoms with Crippen LogP contribution in [0, 0.1) is 5.92 Å². The van der Waals surface area contributed by atoms with Gasteiger partial charge in [0.25, 0.3) is 0 Å². The number of rotatable bonds is 7. The molecule has 0 rings (SSSR count). The van der Waals surface area contributed by atoms with Crippen LogP contribution in [0.5, 0.6) is 0 Å². The summed E-state index contributed by atoms with van der Waals surface area (Å²) in [5.74, 6) is -0.00102. The SMILES string of the molecule is CCCCC[C](CCC)C(=O)O. The summed E-state index contributed by atoms with van der Waals surface area (Å²) in [5, 5.41) is 8.77. The zero-order chi connectivity index (χ0) is 9.40. The van der Waals surface area contributed by atoms with Crippen LogP contribution in [0.4, 0.5) is 0 Å². The van der Waals surface area contributed by atoms with Gasteiger partial charge in [-0.1, -0.05) is 39.5 Å². The number of carboxylic acids is 1. The Morgan fingerprint density at radius 3 is 2.17 bits per heavy atom. The first-order chi connectivity index (χ1) is 5.72. The fraction of sp³-hybridized carbons (Fsp3) is 0.800. The average Bonchev–Trinajstić information content (AvgIpc) is 2.03.